The van der Waals surface area contributed by atoms with Gasteiger partial charge in [-0.25, -0.2) is 0 Å². The molecule has 4 heteroatoms. The first-order chi connectivity index (χ1) is 12.4. The number of nitriles is 1. The first kappa shape index (κ1) is 21.5. The summed E-state index contributed by atoms with van der Waals surface area (Å²) in [5.74, 6) is 1.12. The Morgan fingerprint density at radius 1 is 1.35 bits per heavy atom. The molecule has 26 heavy (non-hydrogen) atoms. The van der Waals surface area contributed by atoms with E-state index >= 15 is 0 Å². The van der Waals surface area contributed by atoms with Crippen molar-refractivity contribution in [3.63, 3.8) is 0 Å². The van der Waals surface area contributed by atoms with Gasteiger partial charge in [-0.05, 0) is 51.7 Å². The second kappa shape index (κ2) is 10.5. The highest BCUT2D eigenvalue weighted by molar-refractivity contribution is 5.44. The minimum atomic E-state index is -0.109. The molecule has 0 radical (unpaired) electrons. The van der Waals surface area contributed by atoms with Gasteiger partial charge < -0.3 is 9.72 Å². The molecule has 1 unspecified atom stereocenters. The van der Waals surface area contributed by atoms with E-state index in [0.29, 0.717) is 29.2 Å². The summed E-state index contributed by atoms with van der Waals surface area (Å²) < 4.78 is 5.90. The Balaban J connectivity index is 3.29. The molecule has 0 saturated carbocycles. The first-order valence-corrected chi connectivity index (χ1v) is 9.20. The number of aromatic nitrogens is 1. The molecule has 0 aromatic carbocycles. The molecule has 0 fully saturated rings. The topological polar surface area (TPSA) is 65.9 Å². The molecular formula is C22H30N2O2. The van der Waals surface area contributed by atoms with Gasteiger partial charge >= 0.3 is 0 Å². The SMILES string of the molecule is C\C=C(C)/C=C(C#N)\C=C\Oc1c(CC(C)CC)c(C)[nH]c(=O)c1CC. The van der Waals surface area contributed by atoms with Crippen LogP contribution in [0, 0.1) is 24.2 Å². The van der Waals surface area contributed by atoms with Crippen LogP contribution >= 0.6 is 0 Å². The number of ether oxygens (including phenoxy) is 1. The van der Waals surface area contributed by atoms with E-state index in [2.05, 4.69) is 24.9 Å². The van der Waals surface area contributed by atoms with Gasteiger partial charge in [0.15, 0.2) is 0 Å². The summed E-state index contributed by atoms with van der Waals surface area (Å²) in [6.45, 7) is 12.1. The van der Waals surface area contributed by atoms with Crippen molar-refractivity contribution in [1.82, 2.24) is 4.98 Å². The zero-order valence-electron chi connectivity index (χ0n) is 16.8. The second-order valence-electron chi connectivity index (χ2n) is 6.60. The van der Waals surface area contributed by atoms with Crippen LogP contribution in [0.3, 0.4) is 0 Å². The van der Waals surface area contributed by atoms with Crippen molar-refractivity contribution in [2.24, 2.45) is 5.92 Å². The van der Waals surface area contributed by atoms with Gasteiger partial charge in [0.1, 0.15) is 5.75 Å². The van der Waals surface area contributed by atoms with Gasteiger partial charge in [-0.15, -0.1) is 0 Å². The van der Waals surface area contributed by atoms with E-state index in [1.807, 2.05) is 33.8 Å². The molecule has 1 atom stereocenters. The van der Waals surface area contributed by atoms with Gasteiger partial charge in [-0.3, -0.25) is 4.79 Å². The summed E-state index contributed by atoms with van der Waals surface area (Å²) in [7, 11) is 0. The lowest BCUT2D eigenvalue weighted by molar-refractivity contribution is 0.454. The fourth-order valence-corrected chi connectivity index (χ4v) is 2.60. The Labute approximate surface area is 156 Å². The molecule has 1 N–H and O–H groups in total. The fraction of sp³-hybridized carbons (Fsp3) is 0.455. The maximum absolute atomic E-state index is 12.3. The summed E-state index contributed by atoms with van der Waals surface area (Å²) in [5.41, 5.74) is 3.92. The highest BCUT2D eigenvalue weighted by Crippen LogP contribution is 2.28. The Kier molecular flexibility index (Phi) is 8.64. The van der Waals surface area contributed by atoms with Crippen molar-refractivity contribution in [1.29, 1.82) is 5.26 Å². The van der Waals surface area contributed by atoms with Crippen molar-refractivity contribution >= 4 is 0 Å². The zero-order valence-corrected chi connectivity index (χ0v) is 16.8. The lowest BCUT2D eigenvalue weighted by Crippen LogP contribution is -2.18. The van der Waals surface area contributed by atoms with E-state index in [9.17, 15) is 10.1 Å². The smallest absolute Gasteiger partial charge is 0.255 e. The van der Waals surface area contributed by atoms with Crippen molar-refractivity contribution in [3.05, 3.63) is 62.8 Å². The van der Waals surface area contributed by atoms with E-state index in [4.69, 9.17) is 4.74 Å². The molecule has 0 saturated heterocycles. The zero-order chi connectivity index (χ0) is 19.7. The number of H-pyrrole nitrogens is 1. The van der Waals surface area contributed by atoms with E-state index in [1.54, 1.807) is 12.2 Å². The van der Waals surface area contributed by atoms with Crippen molar-refractivity contribution in [3.8, 4) is 11.8 Å². The van der Waals surface area contributed by atoms with Crippen molar-refractivity contribution in [2.75, 3.05) is 0 Å². The predicted molar refractivity (Wildman–Crippen MR) is 107 cm³/mol. The molecule has 1 heterocycles. The molecule has 1 aromatic rings. The summed E-state index contributed by atoms with van der Waals surface area (Å²) >= 11 is 0. The number of rotatable bonds is 8. The third-order valence-electron chi connectivity index (χ3n) is 4.58. The van der Waals surface area contributed by atoms with Crippen LogP contribution in [0.5, 0.6) is 5.75 Å². The Hall–Kier alpha value is -2.54. The maximum Gasteiger partial charge on any atom is 0.255 e. The minimum absolute atomic E-state index is 0.109. The fourth-order valence-electron chi connectivity index (χ4n) is 2.60. The summed E-state index contributed by atoms with van der Waals surface area (Å²) in [4.78, 5) is 15.2. The van der Waals surface area contributed by atoms with Gasteiger partial charge in [0.05, 0.1) is 23.5 Å². The van der Waals surface area contributed by atoms with Crippen LogP contribution in [0.4, 0.5) is 0 Å². The highest BCUT2D eigenvalue weighted by Gasteiger charge is 2.17. The number of allylic oxidation sites excluding steroid dienone is 5. The largest absolute Gasteiger partial charge is 0.464 e. The van der Waals surface area contributed by atoms with Crippen LogP contribution in [-0.2, 0) is 12.8 Å². The number of hydrogen-bond acceptors (Lipinski definition) is 3. The van der Waals surface area contributed by atoms with E-state index in [0.717, 1.165) is 29.7 Å². The molecular weight excluding hydrogens is 324 g/mol. The first-order valence-electron chi connectivity index (χ1n) is 9.20. The van der Waals surface area contributed by atoms with Crippen molar-refractivity contribution in [2.45, 2.75) is 60.8 Å². The van der Waals surface area contributed by atoms with Gasteiger partial charge in [0.25, 0.3) is 5.56 Å². The maximum atomic E-state index is 12.3. The monoisotopic (exact) mass is 354 g/mol. The molecule has 0 bridgehead atoms. The molecule has 1 rings (SSSR count). The van der Waals surface area contributed by atoms with Crippen LogP contribution in [0.2, 0.25) is 0 Å². The van der Waals surface area contributed by atoms with Crippen LogP contribution in [0.15, 0.2) is 40.4 Å². The van der Waals surface area contributed by atoms with Crippen molar-refractivity contribution < 1.29 is 4.74 Å². The molecule has 0 aliphatic heterocycles. The van der Waals surface area contributed by atoms with Gasteiger partial charge in [0.2, 0.25) is 0 Å². The average Bonchev–Trinajstić information content (AvgIpc) is 2.63. The summed E-state index contributed by atoms with van der Waals surface area (Å²) in [6.07, 6.45) is 9.36. The third kappa shape index (κ3) is 5.77. The molecule has 140 valence electrons. The van der Waals surface area contributed by atoms with Crippen LogP contribution < -0.4 is 10.3 Å². The minimum Gasteiger partial charge on any atom is -0.464 e. The summed E-state index contributed by atoms with van der Waals surface area (Å²) in [6, 6.07) is 2.15. The number of aryl methyl sites for hydroxylation is 1. The Morgan fingerprint density at radius 3 is 2.58 bits per heavy atom. The predicted octanol–water partition coefficient (Wildman–Crippen LogP) is 5.14. The molecule has 0 aliphatic carbocycles. The third-order valence-corrected chi connectivity index (χ3v) is 4.58. The average molecular weight is 354 g/mol. The van der Waals surface area contributed by atoms with Gasteiger partial charge in [-0.2, -0.15) is 5.26 Å². The van der Waals surface area contributed by atoms with Gasteiger partial charge in [-0.1, -0.05) is 38.8 Å². The van der Waals surface area contributed by atoms with Crippen LogP contribution in [0.1, 0.15) is 57.9 Å². The number of nitrogens with one attached hydrogen (secondary N) is 1. The van der Waals surface area contributed by atoms with E-state index in [-0.39, 0.29) is 5.56 Å². The van der Waals surface area contributed by atoms with Gasteiger partial charge in [0, 0.05) is 11.3 Å². The Morgan fingerprint density at radius 2 is 2.04 bits per heavy atom. The quantitative estimate of drug-likeness (QED) is 0.399. The van der Waals surface area contributed by atoms with E-state index in [1.165, 1.54) is 6.26 Å². The second-order valence-corrected chi connectivity index (χ2v) is 6.60. The Bertz CT molecular complexity index is 805. The molecule has 0 aliphatic rings. The lowest BCUT2D eigenvalue weighted by atomic mass is 9.95. The number of aromatic amines is 1. The van der Waals surface area contributed by atoms with Crippen LogP contribution in [0.25, 0.3) is 0 Å². The molecule has 0 spiro atoms. The summed E-state index contributed by atoms with van der Waals surface area (Å²) in [5, 5.41) is 9.25. The molecule has 4 nitrogen and oxygen atoms in total. The molecule has 0 amide bonds. The standard InChI is InChI=1S/C22H30N2O2/c1-7-15(4)12-18(14-23)10-11-26-21-19(9-3)22(25)24-17(6)20(21)13-16(5)8-2/h7,10-12,16H,8-9,13H2,1-6H3,(H,24,25)/b11-10+,15-7-,18-12+. The highest BCUT2D eigenvalue weighted by atomic mass is 16.5. The van der Waals surface area contributed by atoms with E-state index < -0.39 is 0 Å². The number of hydrogen-bond donors (Lipinski definition) is 1. The normalized spacial score (nSPS) is 13.7. The lowest BCUT2D eigenvalue weighted by Gasteiger charge is -2.17. The number of pyridine rings is 1. The molecule has 1 aromatic heterocycles. The van der Waals surface area contributed by atoms with Crippen LogP contribution in [-0.4, -0.2) is 4.98 Å². The number of nitrogens with zero attached hydrogens (tertiary/aromatic N) is 1.